The first-order valence-electron chi connectivity index (χ1n) is 2.75. The molecule has 1 unspecified atom stereocenters. The summed E-state index contributed by atoms with van der Waals surface area (Å²) in [6.45, 7) is 0.818. The van der Waals surface area contributed by atoms with Crippen LogP contribution in [0.5, 0.6) is 0 Å². The molecule has 1 aliphatic rings. The van der Waals surface area contributed by atoms with Gasteiger partial charge in [-0.2, -0.15) is 0 Å². The van der Waals surface area contributed by atoms with Gasteiger partial charge in [0, 0.05) is 6.04 Å². The molecule has 46 valence electrons. The van der Waals surface area contributed by atoms with E-state index in [1.54, 1.807) is 0 Å². The van der Waals surface area contributed by atoms with Crippen LogP contribution in [-0.4, -0.2) is 18.6 Å². The summed E-state index contributed by atoms with van der Waals surface area (Å²) in [5, 5.41) is 12.8. The van der Waals surface area contributed by atoms with Crippen molar-refractivity contribution in [2.75, 3.05) is 6.54 Å². The van der Waals surface area contributed by atoms with Gasteiger partial charge in [-0.05, 0) is 19.4 Å². The summed E-state index contributed by atoms with van der Waals surface area (Å²) in [5.41, 5.74) is 0. The minimum absolute atomic E-state index is 0. The number of carbonyl (C=O) groups is 1. The van der Waals surface area contributed by atoms with Crippen molar-refractivity contribution in [3.05, 3.63) is 0 Å². The summed E-state index contributed by atoms with van der Waals surface area (Å²) < 4.78 is 0. The van der Waals surface area contributed by atoms with E-state index in [0.717, 1.165) is 19.4 Å². The van der Waals surface area contributed by atoms with Crippen molar-refractivity contribution < 1.29 is 68.1 Å². The zero-order valence-corrected chi connectivity index (χ0v) is 10.4. The van der Waals surface area contributed by atoms with Crippen LogP contribution in [0.15, 0.2) is 0 Å². The first-order chi connectivity index (χ1) is 3.80. The molecule has 0 aromatic carbocycles. The predicted octanol–water partition coefficient (Wildman–Crippen LogP) is -4.51. The van der Waals surface area contributed by atoms with Crippen LogP contribution < -0.4 is 68.6 Å². The van der Waals surface area contributed by atoms with E-state index < -0.39 is 5.97 Å². The van der Waals surface area contributed by atoms with Crippen LogP contribution in [0.1, 0.15) is 12.8 Å². The molecular weight excluding hydrogens is 192 g/mol. The number of carbonyl (C=O) groups excluding carboxylic acids is 1. The largest absolute Gasteiger partial charge is 1.00 e. The Kier molecular flexibility index (Phi) is 5.64. The Labute approximate surface area is 103 Å². The number of carboxylic acid groups (broad SMARTS) is 1. The fraction of sp³-hybridized carbons (Fsp3) is 0.800. The maximum atomic E-state index is 10.0. The summed E-state index contributed by atoms with van der Waals surface area (Å²) in [6.07, 6.45) is 1.68. The quantitative estimate of drug-likeness (QED) is 0.463. The van der Waals surface area contributed by atoms with Gasteiger partial charge >= 0.3 is 58.2 Å². The molecule has 1 heterocycles. The Morgan fingerprint density at radius 2 is 2.33 bits per heavy atom. The van der Waals surface area contributed by atoms with E-state index >= 15 is 0 Å². The second-order valence-electron chi connectivity index (χ2n) is 1.97. The van der Waals surface area contributed by atoms with Gasteiger partial charge in [-0.15, -0.1) is 0 Å². The van der Waals surface area contributed by atoms with Gasteiger partial charge in [-0.25, -0.2) is 0 Å². The standard InChI is InChI=1S/C5H9NO2.Rb/c7-5(8)4-2-1-3-6-4;/h4,6H,1-3H2,(H,7,8);/q;+1/p-1. The molecule has 0 aromatic heterocycles. The Hall–Kier alpha value is 1.24. The molecule has 4 heteroatoms. The van der Waals surface area contributed by atoms with Crippen molar-refractivity contribution >= 4 is 5.97 Å². The van der Waals surface area contributed by atoms with Gasteiger partial charge in [-0.3, -0.25) is 0 Å². The molecule has 9 heavy (non-hydrogen) atoms. The van der Waals surface area contributed by atoms with Crippen molar-refractivity contribution in [1.82, 2.24) is 5.32 Å². The monoisotopic (exact) mass is 199 g/mol. The van der Waals surface area contributed by atoms with Gasteiger partial charge in [0.05, 0.1) is 5.97 Å². The Morgan fingerprint density at radius 3 is 2.56 bits per heavy atom. The second kappa shape index (κ2) is 4.96. The third kappa shape index (κ3) is 3.23. The van der Waals surface area contributed by atoms with Crippen molar-refractivity contribution in [1.29, 1.82) is 0 Å². The molecule has 0 saturated carbocycles. The number of carboxylic acids is 1. The van der Waals surface area contributed by atoms with Crippen LogP contribution in [-0.2, 0) is 4.79 Å². The summed E-state index contributed by atoms with van der Waals surface area (Å²) in [7, 11) is 0. The summed E-state index contributed by atoms with van der Waals surface area (Å²) >= 11 is 0. The van der Waals surface area contributed by atoms with Crippen LogP contribution in [0, 0.1) is 0 Å². The van der Waals surface area contributed by atoms with E-state index in [1.165, 1.54) is 0 Å². The van der Waals surface area contributed by atoms with Gasteiger partial charge in [0.1, 0.15) is 0 Å². The molecule has 0 aliphatic carbocycles. The van der Waals surface area contributed by atoms with Gasteiger partial charge < -0.3 is 15.2 Å². The van der Waals surface area contributed by atoms with E-state index in [1.807, 2.05) is 0 Å². The Balaban J connectivity index is 0.000000640. The van der Waals surface area contributed by atoms with Crippen LogP contribution >= 0.6 is 0 Å². The molecule has 1 aliphatic heterocycles. The van der Waals surface area contributed by atoms with Gasteiger partial charge in [-0.1, -0.05) is 0 Å². The molecule has 0 spiro atoms. The minimum atomic E-state index is -0.970. The number of nitrogens with one attached hydrogen (secondary N) is 1. The fourth-order valence-corrected chi connectivity index (χ4v) is 0.886. The summed E-state index contributed by atoms with van der Waals surface area (Å²) in [6, 6.07) is -0.380. The minimum Gasteiger partial charge on any atom is -0.548 e. The van der Waals surface area contributed by atoms with Crippen molar-refractivity contribution in [3.8, 4) is 0 Å². The third-order valence-electron chi connectivity index (χ3n) is 1.34. The first-order valence-corrected chi connectivity index (χ1v) is 2.75. The van der Waals surface area contributed by atoms with Crippen LogP contribution in [0.4, 0.5) is 0 Å². The molecule has 0 bridgehead atoms. The number of aliphatic carboxylic acids is 1. The topological polar surface area (TPSA) is 52.2 Å². The molecule has 1 atom stereocenters. The molecule has 3 nitrogen and oxygen atoms in total. The molecular formula is C5H8NO2Rb. The fourth-order valence-electron chi connectivity index (χ4n) is 0.886. The van der Waals surface area contributed by atoms with Crippen LogP contribution in [0.3, 0.4) is 0 Å². The molecule has 1 rings (SSSR count). The molecule has 0 amide bonds. The number of hydrogen-bond acceptors (Lipinski definition) is 3. The predicted molar refractivity (Wildman–Crippen MR) is 26.0 cm³/mol. The van der Waals surface area contributed by atoms with E-state index in [2.05, 4.69) is 5.32 Å². The summed E-state index contributed by atoms with van der Waals surface area (Å²) in [5.74, 6) is -0.970. The average molecular weight is 200 g/mol. The van der Waals surface area contributed by atoms with Crippen molar-refractivity contribution in [3.63, 3.8) is 0 Å². The molecule has 1 N–H and O–H groups in total. The Bertz CT molecular complexity index is 101. The normalized spacial score (nSPS) is 25.1. The van der Waals surface area contributed by atoms with Gasteiger partial charge in [0.2, 0.25) is 0 Å². The Morgan fingerprint density at radius 1 is 1.67 bits per heavy atom. The van der Waals surface area contributed by atoms with Gasteiger partial charge in [0.15, 0.2) is 0 Å². The number of hydrogen-bond donors (Lipinski definition) is 1. The van der Waals surface area contributed by atoms with E-state index in [-0.39, 0.29) is 64.2 Å². The maximum absolute atomic E-state index is 10.0. The van der Waals surface area contributed by atoms with E-state index in [4.69, 9.17) is 0 Å². The van der Waals surface area contributed by atoms with Crippen molar-refractivity contribution in [2.45, 2.75) is 18.9 Å². The third-order valence-corrected chi connectivity index (χ3v) is 1.34. The van der Waals surface area contributed by atoms with Crippen LogP contribution in [0.2, 0.25) is 0 Å². The first kappa shape index (κ1) is 10.2. The van der Waals surface area contributed by atoms with Crippen LogP contribution in [0.25, 0.3) is 0 Å². The molecule has 1 fully saturated rings. The van der Waals surface area contributed by atoms with Gasteiger partial charge in [0.25, 0.3) is 0 Å². The SMILES string of the molecule is O=C([O-])C1CCCN1.[Rb+]. The van der Waals surface area contributed by atoms with Crippen molar-refractivity contribution in [2.24, 2.45) is 0 Å². The van der Waals surface area contributed by atoms with E-state index in [9.17, 15) is 9.90 Å². The number of rotatable bonds is 1. The maximum Gasteiger partial charge on any atom is 1.00 e. The average Bonchev–Trinajstić information content (AvgIpc) is 2.12. The molecule has 1 saturated heterocycles. The zero-order valence-electron chi connectivity index (χ0n) is 5.52. The second-order valence-corrected chi connectivity index (χ2v) is 1.97. The zero-order chi connectivity index (χ0) is 5.98. The summed E-state index contributed by atoms with van der Waals surface area (Å²) in [4.78, 5) is 10.0. The molecule has 0 aromatic rings. The smallest absolute Gasteiger partial charge is 0.548 e. The molecule has 0 radical (unpaired) electrons. The van der Waals surface area contributed by atoms with E-state index in [0.29, 0.717) is 0 Å².